The van der Waals surface area contributed by atoms with E-state index in [2.05, 4.69) is 43.0 Å². The molecule has 2 N–H and O–H groups in total. The van der Waals surface area contributed by atoms with Crippen LogP contribution in [-0.2, 0) is 5.41 Å². The van der Waals surface area contributed by atoms with Crippen molar-refractivity contribution in [3.8, 4) is 0 Å². The van der Waals surface area contributed by atoms with Gasteiger partial charge in [0.2, 0.25) is 0 Å². The molecule has 0 bridgehead atoms. The van der Waals surface area contributed by atoms with Crippen molar-refractivity contribution in [2.75, 3.05) is 24.5 Å². The molecule has 2 rings (SSSR count). The molecule has 2 nitrogen and oxygen atoms in total. The van der Waals surface area contributed by atoms with Gasteiger partial charge in [-0.05, 0) is 24.5 Å². The zero-order chi connectivity index (χ0) is 11.6. The lowest BCUT2D eigenvalue weighted by atomic mass is 9.78. The van der Waals surface area contributed by atoms with E-state index in [4.69, 9.17) is 5.73 Å². The highest BCUT2D eigenvalue weighted by atomic mass is 15.2. The maximum Gasteiger partial charge on any atom is 0.0405 e. The zero-order valence-electron chi connectivity index (χ0n) is 10.4. The molecule has 0 saturated carbocycles. The van der Waals surface area contributed by atoms with Crippen molar-refractivity contribution in [2.45, 2.75) is 32.1 Å². The Kier molecular flexibility index (Phi) is 3.20. The lowest BCUT2D eigenvalue weighted by Gasteiger charge is -2.28. The molecule has 0 fully saturated rings. The molecule has 2 heteroatoms. The summed E-state index contributed by atoms with van der Waals surface area (Å²) in [5.74, 6) is 0. The van der Waals surface area contributed by atoms with Gasteiger partial charge in [0, 0.05) is 30.7 Å². The molecule has 0 atom stereocenters. The number of nitrogens with two attached hydrogens (primary N) is 1. The van der Waals surface area contributed by atoms with Gasteiger partial charge in [0.15, 0.2) is 0 Å². The number of anilines is 1. The van der Waals surface area contributed by atoms with E-state index in [0.29, 0.717) is 5.41 Å². The van der Waals surface area contributed by atoms with Crippen molar-refractivity contribution in [2.24, 2.45) is 5.73 Å². The molecule has 1 aromatic carbocycles. The Balaban J connectivity index is 2.42. The molecular formula is C14H22N2. The first-order valence-electron chi connectivity index (χ1n) is 6.32. The molecule has 0 amide bonds. The second kappa shape index (κ2) is 4.46. The smallest absolute Gasteiger partial charge is 0.0405 e. The van der Waals surface area contributed by atoms with Crippen LogP contribution >= 0.6 is 0 Å². The maximum absolute atomic E-state index is 5.70. The van der Waals surface area contributed by atoms with Crippen LogP contribution in [0.15, 0.2) is 24.3 Å². The Morgan fingerprint density at radius 1 is 1.25 bits per heavy atom. The highest BCUT2D eigenvalue weighted by molar-refractivity contribution is 5.62. The third kappa shape index (κ3) is 1.61. The molecule has 1 aliphatic heterocycles. The van der Waals surface area contributed by atoms with Crippen LogP contribution in [0.4, 0.5) is 5.69 Å². The molecule has 0 saturated heterocycles. The van der Waals surface area contributed by atoms with E-state index < -0.39 is 0 Å². The van der Waals surface area contributed by atoms with Crippen molar-refractivity contribution < 1.29 is 0 Å². The van der Waals surface area contributed by atoms with Gasteiger partial charge in [-0.15, -0.1) is 0 Å². The largest absolute Gasteiger partial charge is 0.369 e. The molecule has 1 heterocycles. The molecule has 1 aromatic rings. The Morgan fingerprint density at radius 2 is 1.94 bits per heavy atom. The average Bonchev–Trinajstić information content (AvgIpc) is 2.65. The summed E-state index contributed by atoms with van der Waals surface area (Å²) in [6.45, 7) is 7.44. The van der Waals surface area contributed by atoms with Crippen LogP contribution in [0, 0.1) is 0 Å². The van der Waals surface area contributed by atoms with E-state index in [1.165, 1.54) is 24.1 Å². The van der Waals surface area contributed by atoms with Crippen molar-refractivity contribution in [1.82, 2.24) is 0 Å². The van der Waals surface area contributed by atoms with Crippen molar-refractivity contribution >= 4 is 5.69 Å². The number of nitrogens with zero attached hydrogens (tertiary/aromatic N) is 1. The average molecular weight is 218 g/mol. The van der Waals surface area contributed by atoms with Gasteiger partial charge in [-0.1, -0.05) is 32.0 Å². The molecule has 0 radical (unpaired) electrons. The third-order valence-electron chi connectivity index (χ3n) is 4.06. The lowest BCUT2D eigenvalue weighted by molar-refractivity contribution is 0.420. The van der Waals surface area contributed by atoms with E-state index in [1.807, 2.05) is 0 Å². The van der Waals surface area contributed by atoms with E-state index in [-0.39, 0.29) is 0 Å². The summed E-state index contributed by atoms with van der Waals surface area (Å²) in [6, 6.07) is 8.81. The fourth-order valence-electron chi connectivity index (χ4n) is 2.94. The first kappa shape index (κ1) is 11.5. The second-order valence-corrected chi connectivity index (χ2v) is 4.71. The molecule has 0 aliphatic carbocycles. The van der Waals surface area contributed by atoms with E-state index in [1.54, 1.807) is 0 Å². The fourth-order valence-corrected chi connectivity index (χ4v) is 2.94. The summed E-state index contributed by atoms with van der Waals surface area (Å²) in [4.78, 5) is 2.45. The predicted molar refractivity (Wildman–Crippen MR) is 70.0 cm³/mol. The second-order valence-electron chi connectivity index (χ2n) is 4.71. The summed E-state index contributed by atoms with van der Waals surface area (Å²) in [5, 5.41) is 0. The quantitative estimate of drug-likeness (QED) is 0.841. The van der Waals surface area contributed by atoms with Gasteiger partial charge in [0.1, 0.15) is 0 Å². The molecule has 0 aromatic heterocycles. The van der Waals surface area contributed by atoms with Gasteiger partial charge in [-0.3, -0.25) is 0 Å². The fraction of sp³-hybridized carbons (Fsp3) is 0.571. The molecule has 1 aliphatic rings. The SMILES string of the molecule is CCC1(CC)CN(CCN)c2ccccc21. The molecule has 0 unspecified atom stereocenters. The van der Waals surface area contributed by atoms with Gasteiger partial charge >= 0.3 is 0 Å². The minimum absolute atomic E-state index is 0.353. The summed E-state index contributed by atoms with van der Waals surface area (Å²) in [7, 11) is 0. The van der Waals surface area contributed by atoms with E-state index in [0.717, 1.165) is 19.6 Å². The van der Waals surface area contributed by atoms with Gasteiger partial charge in [0.05, 0.1) is 0 Å². The summed E-state index contributed by atoms with van der Waals surface area (Å²) in [5.41, 5.74) is 8.97. The van der Waals surface area contributed by atoms with Gasteiger partial charge in [-0.2, -0.15) is 0 Å². The minimum Gasteiger partial charge on any atom is -0.369 e. The van der Waals surface area contributed by atoms with Crippen molar-refractivity contribution in [3.05, 3.63) is 29.8 Å². The third-order valence-corrected chi connectivity index (χ3v) is 4.06. The normalized spacial score (nSPS) is 17.6. The number of benzene rings is 1. The highest BCUT2D eigenvalue weighted by Crippen LogP contribution is 2.44. The number of para-hydroxylation sites is 1. The van der Waals surface area contributed by atoms with Crippen LogP contribution < -0.4 is 10.6 Å². The molecule has 16 heavy (non-hydrogen) atoms. The van der Waals surface area contributed by atoms with Crippen LogP contribution in [0.2, 0.25) is 0 Å². The maximum atomic E-state index is 5.70. The van der Waals surface area contributed by atoms with Crippen molar-refractivity contribution in [1.29, 1.82) is 0 Å². The summed E-state index contributed by atoms with van der Waals surface area (Å²) >= 11 is 0. The molecule has 0 spiro atoms. The Labute approximate surface area is 98.4 Å². The summed E-state index contributed by atoms with van der Waals surface area (Å²) < 4.78 is 0. The topological polar surface area (TPSA) is 29.3 Å². The molecular weight excluding hydrogens is 196 g/mol. The van der Waals surface area contributed by atoms with Crippen LogP contribution in [-0.4, -0.2) is 19.6 Å². The van der Waals surface area contributed by atoms with Gasteiger partial charge in [-0.25, -0.2) is 0 Å². The summed E-state index contributed by atoms with van der Waals surface area (Å²) in [6.07, 6.45) is 2.42. The van der Waals surface area contributed by atoms with E-state index >= 15 is 0 Å². The monoisotopic (exact) mass is 218 g/mol. The van der Waals surface area contributed by atoms with Crippen molar-refractivity contribution in [3.63, 3.8) is 0 Å². The number of hydrogen-bond donors (Lipinski definition) is 1. The Morgan fingerprint density at radius 3 is 2.56 bits per heavy atom. The van der Waals surface area contributed by atoms with Gasteiger partial charge < -0.3 is 10.6 Å². The predicted octanol–water partition coefficient (Wildman–Crippen LogP) is 2.52. The first-order valence-corrected chi connectivity index (χ1v) is 6.32. The standard InChI is InChI=1S/C14H22N2/c1-3-14(4-2)11-16(10-9-15)13-8-6-5-7-12(13)14/h5-8H,3-4,9-11,15H2,1-2H3. The molecule has 88 valence electrons. The number of rotatable bonds is 4. The zero-order valence-corrected chi connectivity index (χ0v) is 10.4. The number of fused-ring (bicyclic) bond motifs is 1. The van der Waals surface area contributed by atoms with Crippen LogP contribution in [0.3, 0.4) is 0 Å². The first-order chi connectivity index (χ1) is 7.77. The number of hydrogen-bond acceptors (Lipinski definition) is 2. The highest BCUT2D eigenvalue weighted by Gasteiger charge is 2.39. The Bertz CT molecular complexity index is 356. The van der Waals surface area contributed by atoms with Crippen LogP contribution in [0.5, 0.6) is 0 Å². The van der Waals surface area contributed by atoms with Crippen LogP contribution in [0.25, 0.3) is 0 Å². The lowest BCUT2D eigenvalue weighted by Crippen LogP contribution is -2.35. The van der Waals surface area contributed by atoms with Gasteiger partial charge in [0.25, 0.3) is 0 Å². The van der Waals surface area contributed by atoms with E-state index in [9.17, 15) is 0 Å². The Hall–Kier alpha value is -1.02. The minimum atomic E-state index is 0.353. The van der Waals surface area contributed by atoms with Crippen LogP contribution in [0.1, 0.15) is 32.3 Å².